The molecule has 20 heavy (non-hydrogen) atoms. The van der Waals surface area contributed by atoms with Gasteiger partial charge in [-0.15, -0.1) is 0 Å². The Morgan fingerprint density at radius 2 is 1.75 bits per heavy atom. The molecule has 1 rings (SSSR count). The summed E-state index contributed by atoms with van der Waals surface area (Å²) >= 11 is 5.85. The molecule has 0 aliphatic heterocycles. The van der Waals surface area contributed by atoms with Crippen molar-refractivity contribution in [3.8, 4) is 0 Å². The summed E-state index contributed by atoms with van der Waals surface area (Å²) in [5.41, 5.74) is 5.36. The van der Waals surface area contributed by atoms with Gasteiger partial charge in [-0.2, -0.15) is 0 Å². The van der Waals surface area contributed by atoms with Crippen LogP contribution in [0.4, 0.5) is 5.69 Å². The van der Waals surface area contributed by atoms with E-state index < -0.39 is 15.6 Å². The first-order valence-corrected chi connectivity index (χ1v) is 8.28. The quantitative estimate of drug-likeness (QED) is 0.835. The zero-order valence-corrected chi connectivity index (χ0v) is 14.2. The molecule has 6 heteroatoms. The number of rotatable bonds is 4. The third kappa shape index (κ3) is 4.96. The Morgan fingerprint density at radius 1 is 1.20 bits per heavy atom. The van der Waals surface area contributed by atoms with E-state index in [4.69, 9.17) is 17.3 Å². The number of nitrogens with one attached hydrogen (secondary N) is 1. The summed E-state index contributed by atoms with van der Waals surface area (Å²) < 4.78 is 27.6. The lowest BCUT2D eigenvalue weighted by atomic mass is 9.82. The highest BCUT2D eigenvalue weighted by Gasteiger charge is 2.31. The predicted octanol–water partition coefficient (Wildman–Crippen LogP) is 3.42. The molecule has 0 spiro atoms. The number of anilines is 1. The molecule has 0 atom stereocenters. The molecule has 0 unspecified atom stereocenters. The van der Waals surface area contributed by atoms with Crippen LogP contribution in [-0.2, 0) is 10.0 Å². The van der Waals surface area contributed by atoms with Gasteiger partial charge in [0.25, 0.3) is 0 Å². The van der Waals surface area contributed by atoms with Crippen LogP contribution in [0.25, 0.3) is 0 Å². The first-order chi connectivity index (χ1) is 8.82. The molecule has 0 aliphatic carbocycles. The van der Waals surface area contributed by atoms with Crippen molar-refractivity contribution >= 4 is 27.3 Å². The van der Waals surface area contributed by atoms with Crippen molar-refractivity contribution < 1.29 is 8.42 Å². The molecule has 3 N–H and O–H groups in total. The Balaban J connectivity index is 3.09. The third-order valence-corrected chi connectivity index (χ3v) is 4.64. The van der Waals surface area contributed by atoms with Gasteiger partial charge in [0.2, 0.25) is 10.0 Å². The fourth-order valence-corrected chi connectivity index (χ4v) is 4.33. The molecule has 0 radical (unpaired) electrons. The number of nitrogens with two attached hydrogens (primary N) is 1. The molecule has 0 saturated carbocycles. The average molecular weight is 319 g/mol. The van der Waals surface area contributed by atoms with Crippen LogP contribution in [0.3, 0.4) is 0 Å². The SMILES string of the molecule is CC(C)(C)CC(C)(C)NS(=O)(=O)c1cc(Cl)ccc1N. The van der Waals surface area contributed by atoms with Gasteiger partial charge in [-0.1, -0.05) is 32.4 Å². The van der Waals surface area contributed by atoms with Crippen LogP contribution in [-0.4, -0.2) is 14.0 Å². The smallest absolute Gasteiger partial charge is 0.243 e. The second kappa shape index (κ2) is 5.54. The van der Waals surface area contributed by atoms with Gasteiger partial charge in [-0.25, -0.2) is 13.1 Å². The van der Waals surface area contributed by atoms with Gasteiger partial charge in [0, 0.05) is 10.6 Å². The van der Waals surface area contributed by atoms with Crippen molar-refractivity contribution in [2.45, 2.75) is 51.5 Å². The summed E-state index contributed by atoms with van der Waals surface area (Å²) in [6.45, 7) is 9.91. The summed E-state index contributed by atoms with van der Waals surface area (Å²) in [7, 11) is -3.70. The molecule has 0 saturated heterocycles. The fourth-order valence-electron chi connectivity index (χ4n) is 2.52. The molecule has 0 amide bonds. The lowest BCUT2D eigenvalue weighted by Gasteiger charge is -2.33. The summed E-state index contributed by atoms with van der Waals surface area (Å²) in [5.74, 6) is 0. The Kier molecular flexibility index (Phi) is 4.79. The normalized spacial score (nSPS) is 13.5. The molecule has 0 fully saturated rings. The van der Waals surface area contributed by atoms with Crippen molar-refractivity contribution in [1.82, 2.24) is 4.72 Å². The van der Waals surface area contributed by atoms with Crippen LogP contribution < -0.4 is 10.5 Å². The van der Waals surface area contributed by atoms with Gasteiger partial charge < -0.3 is 5.73 Å². The van der Waals surface area contributed by atoms with Crippen molar-refractivity contribution in [2.75, 3.05) is 5.73 Å². The number of sulfonamides is 1. The van der Waals surface area contributed by atoms with Crippen molar-refractivity contribution in [3.63, 3.8) is 0 Å². The molecule has 0 bridgehead atoms. The van der Waals surface area contributed by atoms with Crippen LogP contribution in [0.5, 0.6) is 0 Å². The molecule has 0 heterocycles. The monoisotopic (exact) mass is 318 g/mol. The van der Waals surface area contributed by atoms with E-state index in [1.165, 1.54) is 12.1 Å². The second-order valence-electron chi connectivity index (χ2n) is 6.91. The van der Waals surface area contributed by atoms with Gasteiger partial charge in [-0.05, 0) is 43.9 Å². The number of nitrogen functional groups attached to an aromatic ring is 1. The maximum Gasteiger partial charge on any atom is 0.243 e. The zero-order chi connectivity index (χ0) is 15.8. The molecule has 114 valence electrons. The standard InChI is InChI=1S/C14H23ClN2O2S/c1-13(2,3)9-14(4,5)17-20(18,19)12-8-10(15)6-7-11(12)16/h6-8,17H,9,16H2,1-5H3. The van der Waals surface area contributed by atoms with E-state index in [0.717, 1.165) is 0 Å². The summed E-state index contributed by atoms with van der Waals surface area (Å²) in [4.78, 5) is 0.0204. The average Bonchev–Trinajstić information content (AvgIpc) is 2.15. The van der Waals surface area contributed by atoms with Gasteiger partial charge in [-0.3, -0.25) is 0 Å². The van der Waals surface area contributed by atoms with Crippen LogP contribution in [0.1, 0.15) is 41.0 Å². The topological polar surface area (TPSA) is 72.2 Å². The summed E-state index contributed by atoms with van der Waals surface area (Å²) in [6, 6.07) is 4.43. The molecular weight excluding hydrogens is 296 g/mol. The van der Waals surface area contributed by atoms with Crippen LogP contribution in [0.2, 0.25) is 5.02 Å². The van der Waals surface area contributed by atoms with Gasteiger partial charge in [0.15, 0.2) is 0 Å². The highest BCUT2D eigenvalue weighted by Crippen LogP contribution is 2.29. The lowest BCUT2D eigenvalue weighted by Crippen LogP contribution is -2.45. The maximum atomic E-state index is 12.5. The van der Waals surface area contributed by atoms with Gasteiger partial charge in [0.1, 0.15) is 4.90 Å². The maximum absolute atomic E-state index is 12.5. The number of hydrogen-bond acceptors (Lipinski definition) is 3. The van der Waals surface area contributed by atoms with E-state index in [2.05, 4.69) is 25.5 Å². The predicted molar refractivity (Wildman–Crippen MR) is 84.3 cm³/mol. The molecule has 0 aromatic heterocycles. The number of halogens is 1. The fraction of sp³-hybridized carbons (Fsp3) is 0.571. The Morgan fingerprint density at radius 3 is 2.25 bits per heavy atom. The Labute approximate surface area is 126 Å². The minimum Gasteiger partial charge on any atom is -0.398 e. The van der Waals surface area contributed by atoms with E-state index >= 15 is 0 Å². The summed E-state index contributed by atoms with van der Waals surface area (Å²) in [5, 5.41) is 0.341. The third-order valence-electron chi connectivity index (χ3n) is 2.65. The Hall–Kier alpha value is -0.780. The largest absolute Gasteiger partial charge is 0.398 e. The molecule has 1 aromatic rings. The van der Waals surface area contributed by atoms with E-state index in [1.807, 2.05) is 13.8 Å². The summed E-state index contributed by atoms with van der Waals surface area (Å²) in [6.07, 6.45) is 0.694. The van der Waals surface area contributed by atoms with Crippen LogP contribution in [0, 0.1) is 5.41 Å². The molecule has 0 aliphatic rings. The van der Waals surface area contributed by atoms with E-state index in [-0.39, 0.29) is 16.0 Å². The highest BCUT2D eigenvalue weighted by atomic mass is 35.5. The first kappa shape index (κ1) is 17.3. The molecule has 1 aromatic carbocycles. The van der Waals surface area contributed by atoms with E-state index in [0.29, 0.717) is 11.4 Å². The minimum absolute atomic E-state index is 0.00585. The van der Waals surface area contributed by atoms with Crippen molar-refractivity contribution in [2.24, 2.45) is 5.41 Å². The van der Waals surface area contributed by atoms with E-state index in [1.54, 1.807) is 6.07 Å². The van der Waals surface area contributed by atoms with Crippen molar-refractivity contribution in [3.05, 3.63) is 23.2 Å². The minimum atomic E-state index is -3.70. The number of hydrogen-bond donors (Lipinski definition) is 2. The Bertz CT molecular complexity index is 590. The van der Waals surface area contributed by atoms with Crippen LogP contribution in [0.15, 0.2) is 23.1 Å². The molecule has 4 nitrogen and oxygen atoms in total. The zero-order valence-electron chi connectivity index (χ0n) is 12.6. The molecular formula is C14H23ClN2O2S. The first-order valence-electron chi connectivity index (χ1n) is 6.41. The van der Waals surface area contributed by atoms with E-state index in [9.17, 15) is 8.42 Å². The van der Waals surface area contributed by atoms with Gasteiger partial charge in [0.05, 0.1) is 5.69 Å². The number of benzene rings is 1. The lowest BCUT2D eigenvalue weighted by molar-refractivity contribution is 0.269. The van der Waals surface area contributed by atoms with Gasteiger partial charge >= 0.3 is 0 Å². The highest BCUT2D eigenvalue weighted by molar-refractivity contribution is 7.89. The van der Waals surface area contributed by atoms with Crippen LogP contribution >= 0.6 is 11.6 Å². The van der Waals surface area contributed by atoms with Crippen molar-refractivity contribution in [1.29, 1.82) is 0 Å². The second-order valence-corrected chi connectivity index (χ2v) is 9.00.